The molecule has 2 amide bonds. The number of hydrogen-bond acceptors (Lipinski definition) is 9. The van der Waals surface area contributed by atoms with Gasteiger partial charge in [-0.15, -0.1) is 6.58 Å². The first-order chi connectivity index (χ1) is 39.4. The molecule has 12 fully saturated rings. The number of hydrogen-bond donors (Lipinski definition) is 1. The molecule has 2 spiro atoms. The fraction of sp³-hybridized carbons (Fsp3) is 0.907. The van der Waals surface area contributed by atoms with Crippen LogP contribution in [0.2, 0.25) is 0 Å². The molecule has 24 atom stereocenters. The van der Waals surface area contributed by atoms with Crippen LogP contribution in [-0.4, -0.2) is 102 Å². The summed E-state index contributed by atoms with van der Waals surface area (Å²) in [5, 5.41) is 10.7. The molecule has 1 N–H and O–H groups in total. The Kier molecular flexibility index (Phi) is 17.0. The largest absolute Gasteiger partial charge is 0.508 e. The van der Waals surface area contributed by atoms with Crippen LogP contribution in [0, 0.1) is 100 Å². The molecule has 0 bridgehead atoms. The first-order valence-corrected chi connectivity index (χ1v) is 34.5. The van der Waals surface area contributed by atoms with Crippen LogP contribution in [0.5, 0.6) is 0 Å². The van der Waals surface area contributed by atoms with Crippen molar-refractivity contribution in [1.82, 2.24) is 9.80 Å². The molecule has 0 aromatic heterocycles. The number of ether oxygens (including phenoxy) is 5. The second kappa shape index (κ2) is 21.6. The van der Waals surface area contributed by atoms with Crippen molar-refractivity contribution in [3.63, 3.8) is 0 Å². The highest BCUT2D eigenvalue weighted by atomic mass is 16.7. The molecule has 86 heavy (non-hydrogen) atoms. The number of carbonyl (C=O) groups is 3. The van der Waals surface area contributed by atoms with Gasteiger partial charge in [-0.05, 0) is 220 Å². The van der Waals surface area contributed by atoms with E-state index in [1.165, 1.54) is 83.8 Å². The summed E-state index contributed by atoms with van der Waals surface area (Å²) in [7, 11) is 1.26. The molecule has 490 valence electrons. The molecule has 8 saturated carbocycles. The van der Waals surface area contributed by atoms with E-state index in [1.807, 2.05) is 6.08 Å². The highest BCUT2D eigenvalue weighted by Crippen LogP contribution is 2.88. The van der Waals surface area contributed by atoms with Gasteiger partial charge in [0.2, 0.25) is 12.8 Å². The molecule has 0 radical (unpaired) electrons. The topological polar surface area (TPSA) is 124 Å². The molecule has 4 saturated heterocycles. The standard InChI is InChI=1S/C36H59NO3.C33H55NO3.C5H8O3.CH4/c1-11-20-39-27-13-16-32(7)29(4,21-27)15-14-28-30(32,5)18-19-33(8)31(28,6)23-34(9)35(33,10)26(3)36(40-34)17-12-25(2)22-37(36)24-38;1-22-10-15-33(34(19-22)21-35)23(2)32(9)30(7)17-16-27(4)25(28(30,5)20-31(32,8)37-33)12-13-26(3)18-24(36)11-14-29(26,27)6;1-3-4-8-5(6)7-2;/h11,24-28H,1,12-23H2,2-10H3;21-25,36H,10-20H2,1-9H3;3H,1,4H2,2H3;1H4/t25-,26-,27-,28+,29-,30-,31-,32-,33-,34-,35+,36-;22-,23-,24-,25+,26-,27-,28-,29-,30-,31-,32+,33-;;/m00../s1. The average Bonchev–Trinajstić information content (AvgIpc) is 1.43. The van der Waals surface area contributed by atoms with Gasteiger partial charge in [0.25, 0.3) is 0 Å². The van der Waals surface area contributed by atoms with Crippen molar-refractivity contribution in [2.75, 3.05) is 33.4 Å². The van der Waals surface area contributed by atoms with Crippen molar-refractivity contribution in [2.45, 2.75) is 295 Å². The van der Waals surface area contributed by atoms with Gasteiger partial charge in [-0.3, -0.25) is 9.59 Å². The van der Waals surface area contributed by atoms with E-state index in [9.17, 15) is 19.5 Å². The molecule has 4 aliphatic heterocycles. The SMILES string of the molecule is C.C=CCOC(=O)OC.C=CCO[C@H]1CC[C@@]2(C)[C@@](C)(CC[C@@H]3[C@]2(C)CC[C@]2(C)[C@@]4(C)[C@H](C)[C@]5(CC[C@H](C)CN5C=O)O[C@@]4(C)C[C@@]32C)C1.C[C@H]1CC[C@@]2(O[C@@]3(C)C[C@@]4(C)[C@@H]5CC[C@@]6(C)C[C@@H](O)CC[C@]6(C)[C@@]5(C)CC[C@]4(C)[C@@]3(C)[C@@H]2C)N(C=O)C1. The second-order valence-corrected chi connectivity index (χ2v) is 35.1. The minimum atomic E-state index is -0.676. The summed E-state index contributed by atoms with van der Waals surface area (Å²) in [6.45, 7) is 55.6. The third-order valence-electron chi connectivity index (χ3n) is 33.3. The van der Waals surface area contributed by atoms with Crippen LogP contribution in [0.25, 0.3) is 0 Å². The van der Waals surface area contributed by atoms with Crippen LogP contribution in [0.15, 0.2) is 25.3 Å². The summed E-state index contributed by atoms with van der Waals surface area (Å²) in [5.41, 5.74) is 0.999. The van der Waals surface area contributed by atoms with E-state index in [1.54, 1.807) is 0 Å². The number of rotatable bonds is 7. The Hall–Kier alpha value is -2.47. The Morgan fingerprint density at radius 3 is 1.36 bits per heavy atom. The summed E-state index contributed by atoms with van der Waals surface area (Å²) in [4.78, 5) is 39.2. The lowest BCUT2D eigenvalue weighted by atomic mass is 9.31. The zero-order valence-corrected chi connectivity index (χ0v) is 57.4. The number of aliphatic hydroxyl groups excluding tert-OH is 1. The Bertz CT molecular complexity index is 2620. The molecule has 12 rings (SSSR count). The smallest absolute Gasteiger partial charge is 0.438 e. The molecular weight excluding hydrogens is 1070 g/mol. The van der Waals surface area contributed by atoms with Gasteiger partial charge < -0.3 is 38.6 Å². The number of likely N-dealkylation sites (tertiary alicyclic amines) is 2. The first-order valence-electron chi connectivity index (χ1n) is 34.5. The number of fused-ring (bicyclic) bond motifs is 14. The van der Waals surface area contributed by atoms with Crippen molar-refractivity contribution in [1.29, 1.82) is 0 Å². The lowest BCUT2D eigenvalue weighted by Gasteiger charge is -2.73. The normalized spacial score (nSPS) is 55.3. The predicted molar refractivity (Wildman–Crippen MR) is 344 cm³/mol. The first kappa shape index (κ1) is 67.9. The lowest BCUT2D eigenvalue weighted by Crippen LogP contribution is -2.67. The summed E-state index contributed by atoms with van der Waals surface area (Å²) in [5.74, 6) is 3.02. The number of amides is 2. The quantitative estimate of drug-likeness (QED) is 0.151. The van der Waals surface area contributed by atoms with Crippen molar-refractivity contribution in [2.24, 2.45) is 100 Å². The maximum atomic E-state index is 12.5. The van der Waals surface area contributed by atoms with Crippen LogP contribution in [0.4, 0.5) is 4.79 Å². The van der Waals surface area contributed by atoms with Gasteiger partial charge in [0.1, 0.15) is 18.1 Å². The van der Waals surface area contributed by atoms with Crippen molar-refractivity contribution < 1.29 is 43.2 Å². The number of aliphatic hydroxyl groups is 1. The highest BCUT2D eigenvalue weighted by Gasteiger charge is 2.86. The molecule has 8 aliphatic carbocycles. The van der Waals surface area contributed by atoms with E-state index in [4.69, 9.17) is 14.2 Å². The molecule has 11 nitrogen and oxygen atoms in total. The number of methoxy groups -OCH3 is 1. The minimum absolute atomic E-state index is 0. The fourth-order valence-electron chi connectivity index (χ4n) is 27.1. The Labute approximate surface area is 524 Å². The molecule has 0 aromatic carbocycles. The van der Waals surface area contributed by atoms with Crippen molar-refractivity contribution in [3.8, 4) is 0 Å². The Morgan fingerprint density at radius 1 is 0.535 bits per heavy atom. The van der Waals surface area contributed by atoms with Crippen molar-refractivity contribution in [3.05, 3.63) is 25.3 Å². The van der Waals surface area contributed by atoms with E-state index < -0.39 is 17.6 Å². The maximum absolute atomic E-state index is 12.5. The second-order valence-electron chi connectivity index (χ2n) is 35.1. The van der Waals surface area contributed by atoms with Gasteiger partial charge in [-0.1, -0.05) is 137 Å². The van der Waals surface area contributed by atoms with Crippen LogP contribution >= 0.6 is 0 Å². The predicted octanol–water partition coefficient (Wildman–Crippen LogP) is 17.2. The van der Waals surface area contributed by atoms with E-state index in [0.29, 0.717) is 64.5 Å². The van der Waals surface area contributed by atoms with Crippen LogP contribution < -0.4 is 0 Å². The zero-order chi connectivity index (χ0) is 62.7. The number of carbonyl (C=O) groups excluding carboxylic acids is 3. The average molecular weight is 1200 g/mol. The van der Waals surface area contributed by atoms with Crippen LogP contribution in [-0.2, 0) is 33.3 Å². The molecule has 4 heterocycles. The summed E-state index contributed by atoms with van der Waals surface area (Å²) >= 11 is 0. The van der Waals surface area contributed by atoms with Gasteiger partial charge in [-0.25, -0.2) is 4.79 Å². The van der Waals surface area contributed by atoms with Gasteiger partial charge in [0.15, 0.2) is 0 Å². The summed E-state index contributed by atoms with van der Waals surface area (Å²) in [6.07, 6.45) is 28.4. The van der Waals surface area contributed by atoms with E-state index in [-0.39, 0.29) is 80.1 Å². The van der Waals surface area contributed by atoms with Crippen molar-refractivity contribution >= 4 is 19.0 Å². The third kappa shape index (κ3) is 8.23. The van der Waals surface area contributed by atoms with Gasteiger partial charge in [0, 0.05) is 35.8 Å². The lowest BCUT2D eigenvalue weighted by molar-refractivity contribution is -0.260. The minimum Gasteiger partial charge on any atom is -0.438 e. The molecule has 0 unspecified atom stereocenters. The fourth-order valence-corrected chi connectivity index (χ4v) is 27.1. The van der Waals surface area contributed by atoms with E-state index in [0.717, 1.165) is 83.7 Å². The van der Waals surface area contributed by atoms with Gasteiger partial charge in [-0.2, -0.15) is 0 Å². The number of nitrogens with zero attached hydrogens (tertiary/aromatic N) is 2. The molecule has 0 aromatic rings. The highest BCUT2D eigenvalue weighted by molar-refractivity contribution is 5.59. The Balaban J connectivity index is 0.000000181. The number of piperidine rings is 2. The Morgan fingerprint density at radius 2 is 0.953 bits per heavy atom. The van der Waals surface area contributed by atoms with E-state index in [2.05, 4.69) is 157 Å². The molecule has 12 aliphatic rings. The molecular formula is C75H126N2O9. The maximum Gasteiger partial charge on any atom is 0.508 e. The summed E-state index contributed by atoms with van der Waals surface area (Å²) in [6, 6.07) is 0. The summed E-state index contributed by atoms with van der Waals surface area (Å²) < 4.78 is 29.7. The zero-order valence-electron chi connectivity index (χ0n) is 57.4. The van der Waals surface area contributed by atoms with Gasteiger partial charge in [0.05, 0.1) is 37.1 Å². The van der Waals surface area contributed by atoms with Crippen LogP contribution in [0.3, 0.4) is 0 Å². The third-order valence-corrected chi connectivity index (χ3v) is 33.3. The monoisotopic (exact) mass is 1200 g/mol. The molecule has 11 heteroatoms. The van der Waals surface area contributed by atoms with E-state index >= 15 is 0 Å². The van der Waals surface area contributed by atoms with Gasteiger partial charge >= 0.3 is 6.16 Å². The van der Waals surface area contributed by atoms with Crippen LogP contribution in [0.1, 0.15) is 260 Å².